The molecule has 0 amide bonds. The van der Waals surface area contributed by atoms with Crippen molar-refractivity contribution in [3.63, 3.8) is 0 Å². The average molecular weight is 353 g/mol. The Hall–Kier alpha value is -2.09. The first kappa shape index (κ1) is 20.2. The van der Waals surface area contributed by atoms with Gasteiger partial charge in [0.05, 0.1) is 12.2 Å². The Labute approximate surface area is 158 Å². The van der Waals surface area contributed by atoms with Crippen molar-refractivity contribution in [2.75, 3.05) is 6.61 Å². The van der Waals surface area contributed by atoms with Gasteiger partial charge in [-0.3, -0.25) is 0 Å². The van der Waals surface area contributed by atoms with Crippen molar-refractivity contribution in [1.29, 1.82) is 0 Å². The summed E-state index contributed by atoms with van der Waals surface area (Å²) in [5.41, 5.74) is 4.32. The first-order valence-corrected chi connectivity index (χ1v) is 10.1. The molecule has 0 bridgehead atoms. The number of benzene rings is 2. The molecule has 0 aliphatic heterocycles. The number of hydrogen-bond acceptors (Lipinski definition) is 2. The lowest BCUT2D eigenvalue weighted by Crippen LogP contribution is -2.03. The molecule has 0 unspecified atom stereocenters. The fraction of sp³-hybridized carbons (Fsp3) is 0.458. The minimum Gasteiger partial charge on any atom is -0.462 e. The van der Waals surface area contributed by atoms with Crippen molar-refractivity contribution in [3.8, 4) is 11.1 Å². The van der Waals surface area contributed by atoms with Gasteiger partial charge >= 0.3 is 5.97 Å². The molecule has 2 heteroatoms. The van der Waals surface area contributed by atoms with Gasteiger partial charge in [0.1, 0.15) is 0 Å². The van der Waals surface area contributed by atoms with Gasteiger partial charge in [0.2, 0.25) is 0 Å². The van der Waals surface area contributed by atoms with E-state index in [-0.39, 0.29) is 5.97 Å². The molecule has 2 aromatic rings. The van der Waals surface area contributed by atoms with Crippen LogP contribution in [0.1, 0.15) is 74.7 Å². The minimum atomic E-state index is -0.260. The minimum absolute atomic E-state index is 0.260. The van der Waals surface area contributed by atoms with E-state index in [0.717, 1.165) is 12.0 Å². The van der Waals surface area contributed by atoms with Crippen molar-refractivity contribution in [2.45, 2.75) is 65.2 Å². The van der Waals surface area contributed by atoms with E-state index < -0.39 is 0 Å². The van der Waals surface area contributed by atoms with Crippen molar-refractivity contribution in [2.24, 2.45) is 0 Å². The Balaban J connectivity index is 1.80. The molecule has 0 fully saturated rings. The zero-order valence-corrected chi connectivity index (χ0v) is 16.3. The third-order valence-corrected chi connectivity index (χ3v) is 4.75. The van der Waals surface area contributed by atoms with Crippen LogP contribution in [-0.2, 0) is 11.2 Å². The quantitative estimate of drug-likeness (QED) is 0.327. The average Bonchev–Trinajstić information content (AvgIpc) is 2.68. The number of carbonyl (C=O) groups is 1. The molecule has 0 saturated carbocycles. The Kier molecular flexibility index (Phi) is 8.95. The lowest BCUT2D eigenvalue weighted by molar-refractivity contribution is 0.0526. The molecule has 140 valence electrons. The summed E-state index contributed by atoms with van der Waals surface area (Å²) in [4.78, 5) is 11.7. The van der Waals surface area contributed by atoms with E-state index in [1.807, 2.05) is 31.2 Å². The van der Waals surface area contributed by atoms with Crippen LogP contribution in [-0.4, -0.2) is 12.6 Å². The largest absolute Gasteiger partial charge is 0.462 e. The molecule has 0 spiro atoms. The van der Waals surface area contributed by atoms with E-state index in [0.29, 0.717) is 12.2 Å². The molecule has 0 heterocycles. The molecule has 2 aromatic carbocycles. The molecule has 0 aliphatic carbocycles. The topological polar surface area (TPSA) is 26.3 Å². The lowest BCUT2D eigenvalue weighted by atomic mass is 10.00. The fourth-order valence-corrected chi connectivity index (χ4v) is 3.16. The van der Waals surface area contributed by atoms with Crippen LogP contribution in [0.4, 0.5) is 0 Å². The molecule has 0 aromatic heterocycles. The van der Waals surface area contributed by atoms with Gasteiger partial charge in [-0.05, 0) is 48.6 Å². The summed E-state index contributed by atoms with van der Waals surface area (Å²) in [5, 5.41) is 0. The summed E-state index contributed by atoms with van der Waals surface area (Å²) in [6.45, 7) is 4.49. The van der Waals surface area contributed by atoms with E-state index in [1.165, 1.54) is 56.1 Å². The standard InChI is InChI=1S/C24H32O2/c1-3-5-6-7-8-9-10-11-20-12-14-21(15-13-20)22-16-18-23(19-17-22)24(25)26-4-2/h12-19H,3-11H2,1-2H3. The zero-order valence-electron chi connectivity index (χ0n) is 16.3. The van der Waals surface area contributed by atoms with Gasteiger partial charge in [0, 0.05) is 0 Å². The predicted molar refractivity (Wildman–Crippen MR) is 110 cm³/mol. The van der Waals surface area contributed by atoms with E-state index >= 15 is 0 Å². The maximum Gasteiger partial charge on any atom is 0.338 e. The third-order valence-electron chi connectivity index (χ3n) is 4.75. The van der Waals surface area contributed by atoms with Crippen LogP contribution in [0, 0.1) is 0 Å². The Morgan fingerprint density at radius 1 is 0.731 bits per heavy atom. The van der Waals surface area contributed by atoms with Crippen LogP contribution >= 0.6 is 0 Å². The monoisotopic (exact) mass is 352 g/mol. The van der Waals surface area contributed by atoms with Gasteiger partial charge in [-0.25, -0.2) is 4.79 Å². The van der Waals surface area contributed by atoms with Crippen molar-refractivity contribution in [1.82, 2.24) is 0 Å². The Bertz CT molecular complexity index is 641. The number of hydrogen-bond donors (Lipinski definition) is 0. The van der Waals surface area contributed by atoms with Crippen LogP contribution in [0.2, 0.25) is 0 Å². The number of unbranched alkanes of at least 4 members (excludes halogenated alkanes) is 6. The van der Waals surface area contributed by atoms with Gasteiger partial charge in [-0.2, -0.15) is 0 Å². The van der Waals surface area contributed by atoms with Gasteiger partial charge in [-0.15, -0.1) is 0 Å². The van der Waals surface area contributed by atoms with Crippen molar-refractivity contribution < 1.29 is 9.53 Å². The highest BCUT2D eigenvalue weighted by molar-refractivity contribution is 5.90. The van der Waals surface area contributed by atoms with Crippen LogP contribution in [0.5, 0.6) is 0 Å². The lowest BCUT2D eigenvalue weighted by Gasteiger charge is -2.06. The second-order valence-corrected chi connectivity index (χ2v) is 6.87. The van der Waals surface area contributed by atoms with E-state index in [2.05, 4.69) is 31.2 Å². The van der Waals surface area contributed by atoms with Gasteiger partial charge in [0.15, 0.2) is 0 Å². The highest BCUT2D eigenvalue weighted by atomic mass is 16.5. The summed E-state index contributed by atoms with van der Waals surface area (Å²) in [6, 6.07) is 16.4. The van der Waals surface area contributed by atoms with E-state index in [1.54, 1.807) is 0 Å². The molecular formula is C24H32O2. The SMILES string of the molecule is CCCCCCCCCc1ccc(-c2ccc(C(=O)OCC)cc2)cc1. The predicted octanol–water partition coefficient (Wildman–Crippen LogP) is 6.82. The van der Waals surface area contributed by atoms with Crippen LogP contribution in [0.15, 0.2) is 48.5 Å². The molecule has 0 N–H and O–H groups in total. The summed E-state index contributed by atoms with van der Waals surface area (Å²) < 4.78 is 5.02. The van der Waals surface area contributed by atoms with Gasteiger partial charge < -0.3 is 4.74 Å². The highest BCUT2D eigenvalue weighted by Gasteiger charge is 2.06. The van der Waals surface area contributed by atoms with Gasteiger partial charge in [0.25, 0.3) is 0 Å². The van der Waals surface area contributed by atoms with E-state index in [9.17, 15) is 4.79 Å². The second kappa shape index (κ2) is 11.5. The molecule has 2 rings (SSSR count). The summed E-state index contributed by atoms with van der Waals surface area (Å²) >= 11 is 0. The number of carbonyl (C=O) groups excluding carboxylic acids is 1. The van der Waals surface area contributed by atoms with Crippen molar-refractivity contribution >= 4 is 5.97 Å². The number of rotatable bonds is 11. The first-order valence-electron chi connectivity index (χ1n) is 10.1. The third kappa shape index (κ3) is 6.67. The number of esters is 1. The molecule has 0 saturated heterocycles. The smallest absolute Gasteiger partial charge is 0.338 e. The molecule has 0 radical (unpaired) electrons. The van der Waals surface area contributed by atoms with Crippen LogP contribution in [0.3, 0.4) is 0 Å². The maximum atomic E-state index is 11.7. The van der Waals surface area contributed by atoms with Crippen LogP contribution in [0.25, 0.3) is 11.1 Å². The Morgan fingerprint density at radius 3 is 1.85 bits per heavy atom. The second-order valence-electron chi connectivity index (χ2n) is 6.87. The highest BCUT2D eigenvalue weighted by Crippen LogP contribution is 2.21. The molecular weight excluding hydrogens is 320 g/mol. The van der Waals surface area contributed by atoms with E-state index in [4.69, 9.17) is 4.74 Å². The zero-order chi connectivity index (χ0) is 18.6. The fourth-order valence-electron chi connectivity index (χ4n) is 3.16. The normalized spacial score (nSPS) is 10.7. The first-order chi connectivity index (χ1) is 12.7. The Morgan fingerprint density at radius 2 is 1.27 bits per heavy atom. The molecule has 0 atom stereocenters. The summed E-state index contributed by atoms with van der Waals surface area (Å²) in [7, 11) is 0. The number of ether oxygens (including phenoxy) is 1. The summed E-state index contributed by atoms with van der Waals surface area (Å²) in [5.74, 6) is -0.260. The van der Waals surface area contributed by atoms with Crippen LogP contribution < -0.4 is 0 Å². The molecule has 26 heavy (non-hydrogen) atoms. The summed E-state index contributed by atoms with van der Waals surface area (Å²) in [6.07, 6.45) is 10.6. The number of aryl methyl sites for hydroxylation is 1. The van der Waals surface area contributed by atoms with Gasteiger partial charge in [-0.1, -0.05) is 81.8 Å². The maximum absolute atomic E-state index is 11.7. The van der Waals surface area contributed by atoms with Crippen molar-refractivity contribution in [3.05, 3.63) is 59.7 Å². The molecule has 2 nitrogen and oxygen atoms in total. The molecule has 0 aliphatic rings.